The van der Waals surface area contributed by atoms with Crippen LogP contribution in [0, 0.1) is 6.92 Å². The van der Waals surface area contributed by atoms with Gasteiger partial charge in [0, 0.05) is 16.8 Å². The van der Waals surface area contributed by atoms with Crippen LogP contribution < -0.4 is 14.8 Å². The standard InChI is InChI=1S/C21H26ClNO3S/c1-14(2)16-5-7-17(8-6-16)26-9-10-27-13-21(24)23-19-11-15(3)18(22)12-20(19)25-4/h5-8,11-12,14H,9-10,13H2,1-4H3,(H,23,24). The van der Waals surface area contributed by atoms with Gasteiger partial charge in [0.05, 0.1) is 25.2 Å². The van der Waals surface area contributed by atoms with Crippen LogP contribution in [0.4, 0.5) is 5.69 Å². The fourth-order valence-corrected chi connectivity index (χ4v) is 3.21. The van der Waals surface area contributed by atoms with Gasteiger partial charge in [0.15, 0.2) is 0 Å². The Balaban J connectivity index is 1.73. The smallest absolute Gasteiger partial charge is 0.234 e. The highest BCUT2D eigenvalue weighted by Crippen LogP contribution is 2.31. The molecule has 0 aromatic heterocycles. The van der Waals surface area contributed by atoms with Crippen molar-refractivity contribution in [2.75, 3.05) is 30.5 Å². The minimum atomic E-state index is -0.0821. The molecule has 0 unspecified atom stereocenters. The first-order chi connectivity index (χ1) is 12.9. The maximum absolute atomic E-state index is 12.1. The summed E-state index contributed by atoms with van der Waals surface area (Å²) in [4.78, 5) is 12.1. The average molecular weight is 408 g/mol. The van der Waals surface area contributed by atoms with Crippen LogP contribution in [0.5, 0.6) is 11.5 Å². The first-order valence-electron chi connectivity index (χ1n) is 8.85. The minimum absolute atomic E-state index is 0.0821. The lowest BCUT2D eigenvalue weighted by Crippen LogP contribution is -2.16. The molecule has 0 aliphatic heterocycles. The second-order valence-corrected chi connectivity index (χ2v) is 7.99. The molecule has 0 saturated heterocycles. The van der Waals surface area contributed by atoms with E-state index in [2.05, 4.69) is 31.3 Å². The first-order valence-corrected chi connectivity index (χ1v) is 10.4. The van der Waals surface area contributed by atoms with E-state index in [0.717, 1.165) is 17.1 Å². The number of hydrogen-bond acceptors (Lipinski definition) is 4. The lowest BCUT2D eigenvalue weighted by molar-refractivity contribution is -0.113. The van der Waals surface area contributed by atoms with Crippen LogP contribution in [0.1, 0.15) is 30.9 Å². The van der Waals surface area contributed by atoms with Crippen molar-refractivity contribution in [2.24, 2.45) is 0 Å². The first kappa shape index (κ1) is 21.5. The van der Waals surface area contributed by atoms with Gasteiger partial charge in [0.1, 0.15) is 11.5 Å². The number of aryl methyl sites for hydroxylation is 1. The van der Waals surface area contributed by atoms with Gasteiger partial charge in [0.25, 0.3) is 0 Å². The number of carbonyl (C=O) groups excluding carboxylic acids is 1. The quantitative estimate of drug-likeness (QED) is 0.555. The highest BCUT2D eigenvalue weighted by atomic mass is 35.5. The molecule has 2 rings (SSSR count). The number of anilines is 1. The third-order valence-corrected chi connectivity index (χ3v) is 5.36. The molecule has 2 aromatic carbocycles. The predicted molar refractivity (Wildman–Crippen MR) is 115 cm³/mol. The number of amides is 1. The summed E-state index contributed by atoms with van der Waals surface area (Å²) in [5.74, 6) is 2.91. The molecule has 146 valence electrons. The Morgan fingerprint density at radius 2 is 1.93 bits per heavy atom. The number of carbonyl (C=O) groups is 1. The average Bonchev–Trinajstić information content (AvgIpc) is 2.64. The Hall–Kier alpha value is -1.85. The van der Waals surface area contributed by atoms with Crippen molar-refractivity contribution >= 4 is 35.0 Å². The predicted octanol–water partition coefficient (Wildman–Crippen LogP) is 5.53. The molecule has 0 aliphatic carbocycles. The molecule has 4 nitrogen and oxygen atoms in total. The van der Waals surface area contributed by atoms with E-state index in [9.17, 15) is 4.79 Å². The summed E-state index contributed by atoms with van der Waals surface area (Å²) in [6.45, 7) is 6.77. The molecule has 2 aromatic rings. The summed E-state index contributed by atoms with van der Waals surface area (Å²) in [5.41, 5.74) is 2.81. The molecule has 0 radical (unpaired) electrons. The molecule has 0 saturated carbocycles. The Kier molecular flexibility index (Phi) is 8.32. The normalized spacial score (nSPS) is 10.7. The van der Waals surface area contributed by atoms with E-state index in [4.69, 9.17) is 21.1 Å². The molecule has 27 heavy (non-hydrogen) atoms. The van der Waals surface area contributed by atoms with Gasteiger partial charge < -0.3 is 14.8 Å². The second-order valence-electron chi connectivity index (χ2n) is 6.47. The van der Waals surface area contributed by atoms with E-state index in [1.54, 1.807) is 13.2 Å². The van der Waals surface area contributed by atoms with Crippen LogP contribution in [0.3, 0.4) is 0 Å². The van der Waals surface area contributed by atoms with Crippen molar-refractivity contribution < 1.29 is 14.3 Å². The molecule has 1 N–H and O–H groups in total. The fraction of sp³-hybridized carbons (Fsp3) is 0.381. The molecule has 6 heteroatoms. The van der Waals surface area contributed by atoms with E-state index in [1.807, 2.05) is 25.1 Å². The van der Waals surface area contributed by atoms with Gasteiger partial charge in [-0.1, -0.05) is 37.6 Å². The summed E-state index contributed by atoms with van der Waals surface area (Å²) in [7, 11) is 1.55. The largest absolute Gasteiger partial charge is 0.495 e. The zero-order valence-electron chi connectivity index (χ0n) is 16.2. The van der Waals surface area contributed by atoms with Crippen LogP contribution in [-0.4, -0.2) is 31.1 Å². The second kappa shape index (κ2) is 10.5. The van der Waals surface area contributed by atoms with Crippen molar-refractivity contribution in [1.29, 1.82) is 0 Å². The van der Waals surface area contributed by atoms with E-state index in [1.165, 1.54) is 17.3 Å². The van der Waals surface area contributed by atoms with E-state index in [0.29, 0.717) is 34.7 Å². The maximum Gasteiger partial charge on any atom is 0.234 e. The minimum Gasteiger partial charge on any atom is -0.495 e. The molecular weight excluding hydrogens is 382 g/mol. The van der Waals surface area contributed by atoms with Crippen LogP contribution in [-0.2, 0) is 4.79 Å². The molecule has 0 atom stereocenters. The Morgan fingerprint density at radius 3 is 2.56 bits per heavy atom. The van der Waals surface area contributed by atoms with Crippen molar-refractivity contribution in [3.05, 3.63) is 52.5 Å². The van der Waals surface area contributed by atoms with Crippen LogP contribution in [0.2, 0.25) is 5.02 Å². The molecule has 0 fully saturated rings. The van der Waals surface area contributed by atoms with Crippen molar-refractivity contribution in [1.82, 2.24) is 0 Å². The summed E-state index contributed by atoms with van der Waals surface area (Å²) in [5, 5.41) is 3.48. The summed E-state index contributed by atoms with van der Waals surface area (Å²) < 4.78 is 11.0. The van der Waals surface area contributed by atoms with E-state index in [-0.39, 0.29) is 5.91 Å². The SMILES string of the molecule is COc1cc(Cl)c(C)cc1NC(=O)CSCCOc1ccc(C(C)C)cc1. The third kappa shape index (κ3) is 6.67. The van der Waals surface area contributed by atoms with Crippen LogP contribution in [0.25, 0.3) is 0 Å². The van der Waals surface area contributed by atoms with Gasteiger partial charge in [-0.3, -0.25) is 4.79 Å². The van der Waals surface area contributed by atoms with Crippen molar-refractivity contribution in [3.8, 4) is 11.5 Å². The van der Waals surface area contributed by atoms with Gasteiger partial charge in [-0.25, -0.2) is 0 Å². The summed E-state index contributed by atoms with van der Waals surface area (Å²) in [6, 6.07) is 11.7. The number of rotatable bonds is 9. The zero-order valence-corrected chi connectivity index (χ0v) is 17.7. The monoisotopic (exact) mass is 407 g/mol. The molecule has 0 bridgehead atoms. The fourth-order valence-electron chi connectivity index (χ4n) is 2.45. The maximum atomic E-state index is 12.1. The number of benzene rings is 2. The number of ether oxygens (including phenoxy) is 2. The summed E-state index contributed by atoms with van der Waals surface area (Å²) in [6.07, 6.45) is 0. The molecule has 0 spiro atoms. The Bertz CT molecular complexity index is 763. The molecule has 0 aliphatic rings. The summed E-state index contributed by atoms with van der Waals surface area (Å²) >= 11 is 7.61. The van der Waals surface area contributed by atoms with Crippen molar-refractivity contribution in [2.45, 2.75) is 26.7 Å². The molecular formula is C21H26ClNO3S. The molecule has 0 heterocycles. The number of thioether (sulfide) groups is 1. The van der Waals surface area contributed by atoms with Crippen molar-refractivity contribution in [3.63, 3.8) is 0 Å². The van der Waals surface area contributed by atoms with E-state index < -0.39 is 0 Å². The topological polar surface area (TPSA) is 47.6 Å². The van der Waals surface area contributed by atoms with Gasteiger partial charge in [0.2, 0.25) is 5.91 Å². The van der Waals surface area contributed by atoms with Gasteiger partial charge in [-0.15, -0.1) is 11.8 Å². The van der Waals surface area contributed by atoms with Crippen LogP contribution >= 0.6 is 23.4 Å². The number of hydrogen-bond donors (Lipinski definition) is 1. The molecule has 1 amide bonds. The highest BCUT2D eigenvalue weighted by molar-refractivity contribution is 7.99. The Labute approximate surface area is 170 Å². The van der Waals surface area contributed by atoms with E-state index >= 15 is 0 Å². The van der Waals surface area contributed by atoms with Gasteiger partial charge in [-0.2, -0.15) is 0 Å². The third-order valence-electron chi connectivity index (χ3n) is 4.03. The number of nitrogens with one attached hydrogen (secondary N) is 1. The highest BCUT2D eigenvalue weighted by Gasteiger charge is 2.10. The Morgan fingerprint density at radius 1 is 1.22 bits per heavy atom. The van der Waals surface area contributed by atoms with Gasteiger partial charge >= 0.3 is 0 Å². The number of methoxy groups -OCH3 is 1. The van der Waals surface area contributed by atoms with Gasteiger partial charge in [-0.05, 0) is 42.2 Å². The van der Waals surface area contributed by atoms with Crippen LogP contribution in [0.15, 0.2) is 36.4 Å². The number of halogens is 1. The lowest BCUT2D eigenvalue weighted by atomic mass is 10.0. The lowest BCUT2D eigenvalue weighted by Gasteiger charge is -2.12. The zero-order chi connectivity index (χ0) is 19.8.